The minimum atomic E-state index is -4.45. The Morgan fingerprint density at radius 1 is 1.10 bits per heavy atom. The van der Waals surface area contributed by atoms with Crippen LogP contribution < -0.4 is 4.72 Å². The van der Waals surface area contributed by atoms with Crippen LogP contribution in [0.1, 0.15) is 10.4 Å². The molecule has 0 aliphatic carbocycles. The molecule has 0 saturated carbocycles. The molecule has 0 atom stereocenters. The zero-order valence-electron chi connectivity index (χ0n) is 10.4. The molecule has 0 unspecified atom stereocenters. The highest BCUT2D eigenvalue weighted by Gasteiger charge is 2.22. The van der Waals surface area contributed by atoms with Crippen molar-refractivity contribution < 1.29 is 27.1 Å². The third-order valence-electron chi connectivity index (χ3n) is 2.58. The highest BCUT2D eigenvalue weighted by Crippen LogP contribution is 2.22. The number of anilines is 1. The number of hydrogen-bond acceptors (Lipinski definition) is 3. The number of sulfonamides is 1. The van der Waals surface area contributed by atoms with Crippen LogP contribution in [0.3, 0.4) is 0 Å². The summed E-state index contributed by atoms with van der Waals surface area (Å²) in [6.07, 6.45) is 0. The Kier molecular flexibility index (Phi) is 3.90. The fourth-order valence-corrected chi connectivity index (χ4v) is 2.81. The molecule has 0 aliphatic heterocycles. The number of rotatable bonds is 4. The molecule has 0 saturated heterocycles. The SMILES string of the molecule is O=C(O)c1ccccc1NS(=O)(=O)c1cc(F)ccc1F. The molecule has 0 fully saturated rings. The van der Waals surface area contributed by atoms with E-state index in [9.17, 15) is 22.0 Å². The summed E-state index contributed by atoms with van der Waals surface area (Å²) in [6.45, 7) is 0. The third kappa shape index (κ3) is 3.16. The molecule has 0 radical (unpaired) electrons. The van der Waals surface area contributed by atoms with Crippen molar-refractivity contribution in [2.24, 2.45) is 0 Å². The third-order valence-corrected chi connectivity index (χ3v) is 3.97. The maximum absolute atomic E-state index is 13.5. The maximum atomic E-state index is 13.5. The molecule has 0 spiro atoms. The van der Waals surface area contributed by atoms with E-state index in [1.54, 1.807) is 0 Å². The summed E-state index contributed by atoms with van der Waals surface area (Å²) in [6, 6.07) is 7.17. The normalized spacial score (nSPS) is 11.1. The molecular weight excluding hydrogens is 304 g/mol. The Labute approximate surface area is 118 Å². The Morgan fingerprint density at radius 2 is 1.76 bits per heavy atom. The van der Waals surface area contributed by atoms with Crippen molar-refractivity contribution >= 4 is 21.7 Å². The minimum Gasteiger partial charge on any atom is -0.478 e. The Balaban J connectivity index is 2.48. The molecule has 2 N–H and O–H groups in total. The van der Waals surface area contributed by atoms with Crippen LogP contribution in [-0.4, -0.2) is 19.5 Å². The van der Waals surface area contributed by atoms with Crippen molar-refractivity contribution in [2.45, 2.75) is 4.90 Å². The van der Waals surface area contributed by atoms with Gasteiger partial charge >= 0.3 is 5.97 Å². The van der Waals surface area contributed by atoms with E-state index in [1.807, 2.05) is 4.72 Å². The fourth-order valence-electron chi connectivity index (χ4n) is 1.64. The monoisotopic (exact) mass is 313 g/mol. The molecule has 0 bridgehead atoms. The van der Waals surface area contributed by atoms with Crippen LogP contribution in [0.2, 0.25) is 0 Å². The molecule has 2 rings (SSSR count). The van der Waals surface area contributed by atoms with Gasteiger partial charge < -0.3 is 5.11 Å². The average Bonchev–Trinajstić information content (AvgIpc) is 2.41. The van der Waals surface area contributed by atoms with E-state index in [0.717, 1.165) is 6.07 Å². The second kappa shape index (κ2) is 5.49. The van der Waals surface area contributed by atoms with E-state index in [1.165, 1.54) is 24.3 Å². The van der Waals surface area contributed by atoms with Crippen LogP contribution in [0, 0.1) is 11.6 Å². The van der Waals surface area contributed by atoms with Gasteiger partial charge in [-0.15, -0.1) is 0 Å². The molecular formula is C13H9F2NO4S. The lowest BCUT2D eigenvalue weighted by Crippen LogP contribution is -2.17. The summed E-state index contributed by atoms with van der Waals surface area (Å²) in [5.41, 5.74) is -0.549. The van der Waals surface area contributed by atoms with Gasteiger partial charge in [-0.3, -0.25) is 4.72 Å². The molecule has 0 aliphatic rings. The largest absolute Gasteiger partial charge is 0.478 e. The second-order valence-electron chi connectivity index (χ2n) is 4.03. The summed E-state index contributed by atoms with van der Waals surface area (Å²) in [4.78, 5) is 10.1. The Bertz CT molecular complexity index is 806. The minimum absolute atomic E-state index is 0.242. The standard InChI is InChI=1S/C13H9F2NO4S/c14-8-5-6-10(15)12(7-8)21(19,20)16-11-4-2-1-3-9(11)13(17)18/h1-7,16H,(H,17,18). The van der Waals surface area contributed by atoms with Gasteiger partial charge in [-0.2, -0.15) is 0 Å². The summed E-state index contributed by atoms with van der Waals surface area (Å²) >= 11 is 0. The molecule has 110 valence electrons. The molecule has 0 heterocycles. The van der Waals surface area contributed by atoms with E-state index in [-0.39, 0.29) is 11.3 Å². The number of nitrogens with one attached hydrogen (secondary N) is 1. The first-order valence-corrected chi connectivity index (χ1v) is 7.10. The van der Waals surface area contributed by atoms with Gasteiger partial charge in [0.1, 0.15) is 16.5 Å². The molecule has 0 amide bonds. The number of aromatic carboxylic acids is 1. The van der Waals surface area contributed by atoms with Gasteiger partial charge in [-0.05, 0) is 30.3 Å². The van der Waals surface area contributed by atoms with E-state index in [0.29, 0.717) is 12.1 Å². The van der Waals surface area contributed by atoms with E-state index >= 15 is 0 Å². The van der Waals surface area contributed by atoms with Crippen LogP contribution in [0.25, 0.3) is 0 Å². The fraction of sp³-hybridized carbons (Fsp3) is 0. The van der Waals surface area contributed by atoms with Crippen molar-refractivity contribution in [3.8, 4) is 0 Å². The van der Waals surface area contributed by atoms with Crippen molar-refractivity contribution in [3.05, 3.63) is 59.7 Å². The lowest BCUT2D eigenvalue weighted by molar-refractivity contribution is 0.0698. The number of para-hydroxylation sites is 1. The quantitative estimate of drug-likeness (QED) is 0.908. The average molecular weight is 313 g/mol. The van der Waals surface area contributed by atoms with Gasteiger partial charge in [0.2, 0.25) is 0 Å². The van der Waals surface area contributed by atoms with Crippen LogP contribution in [0.4, 0.5) is 14.5 Å². The summed E-state index contributed by atoms with van der Waals surface area (Å²) in [5, 5.41) is 8.96. The Morgan fingerprint density at radius 3 is 2.43 bits per heavy atom. The van der Waals surface area contributed by atoms with Gasteiger partial charge in [0.25, 0.3) is 10.0 Å². The zero-order chi connectivity index (χ0) is 15.6. The van der Waals surface area contributed by atoms with Crippen molar-refractivity contribution in [3.63, 3.8) is 0 Å². The summed E-state index contributed by atoms with van der Waals surface area (Å²) in [5.74, 6) is -3.42. The van der Waals surface area contributed by atoms with Crippen LogP contribution in [-0.2, 0) is 10.0 Å². The molecule has 5 nitrogen and oxygen atoms in total. The zero-order valence-corrected chi connectivity index (χ0v) is 11.2. The van der Waals surface area contributed by atoms with Crippen LogP contribution in [0.5, 0.6) is 0 Å². The van der Waals surface area contributed by atoms with Crippen molar-refractivity contribution in [2.75, 3.05) is 4.72 Å². The number of carbonyl (C=O) groups is 1. The predicted molar refractivity (Wildman–Crippen MR) is 70.6 cm³/mol. The number of carboxylic acids is 1. The number of carboxylic acid groups (broad SMARTS) is 1. The lowest BCUT2D eigenvalue weighted by atomic mass is 10.2. The van der Waals surface area contributed by atoms with Gasteiger partial charge in [-0.1, -0.05) is 12.1 Å². The molecule has 2 aromatic carbocycles. The van der Waals surface area contributed by atoms with Gasteiger partial charge in [0.05, 0.1) is 11.3 Å². The van der Waals surface area contributed by atoms with Crippen LogP contribution >= 0.6 is 0 Å². The maximum Gasteiger partial charge on any atom is 0.337 e. The summed E-state index contributed by atoms with van der Waals surface area (Å²) < 4.78 is 52.6. The van der Waals surface area contributed by atoms with Gasteiger partial charge in [-0.25, -0.2) is 22.0 Å². The molecule has 8 heteroatoms. The van der Waals surface area contributed by atoms with Gasteiger partial charge in [0, 0.05) is 0 Å². The number of hydrogen-bond donors (Lipinski definition) is 2. The second-order valence-corrected chi connectivity index (χ2v) is 5.68. The molecule has 2 aromatic rings. The van der Waals surface area contributed by atoms with Crippen LogP contribution in [0.15, 0.2) is 47.4 Å². The first kappa shape index (κ1) is 14.9. The topological polar surface area (TPSA) is 83.5 Å². The number of halogens is 2. The Hall–Kier alpha value is -2.48. The summed E-state index contributed by atoms with van der Waals surface area (Å²) in [7, 11) is -4.45. The van der Waals surface area contributed by atoms with E-state index < -0.39 is 32.5 Å². The van der Waals surface area contributed by atoms with Crippen molar-refractivity contribution in [1.29, 1.82) is 0 Å². The smallest absolute Gasteiger partial charge is 0.337 e. The van der Waals surface area contributed by atoms with Gasteiger partial charge in [0.15, 0.2) is 0 Å². The number of benzene rings is 2. The first-order chi connectivity index (χ1) is 9.81. The van der Waals surface area contributed by atoms with Crippen molar-refractivity contribution in [1.82, 2.24) is 0 Å². The van der Waals surface area contributed by atoms with E-state index in [2.05, 4.69) is 0 Å². The highest BCUT2D eigenvalue weighted by atomic mass is 32.2. The highest BCUT2D eigenvalue weighted by molar-refractivity contribution is 7.92. The van der Waals surface area contributed by atoms with E-state index in [4.69, 9.17) is 5.11 Å². The molecule has 0 aromatic heterocycles. The predicted octanol–water partition coefficient (Wildman–Crippen LogP) is 2.46. The molecule has 21 heavy (non-hydrogen) atoms. The lowest BCUT2D eigenvalue weighted by Gasteiger charge is -2.11. The first-order valence-electron chi connectivity index (χ1n) is 5.61.